The van der Waals surface area contributed by atoms with Crippen molar-refractivity contribution < 1.29 is 14.1 Å². The molecule has 0 spiro atoms. The summed E-state index contributed by atoms with van der Waals surface area (Å²) in [7, 11) is 1.89. The summed E-state index contributed by atoms with van der Waals surface area (Å²) >= 11 is 0. The molecule has 1 amide bonds. The monoisotopic (exact) mass is 486 g/mol. The molecular weight excluding hydrogens is 460 g/mol. The number of allylic oxidation sites excluding steroid dienone is 1. The van der Waals surface area contributed by atoms with Crippen molar-refractivity contribution in [1.29, 1.82) is 0 Å². The second kappa shape index (κ2) is 9.70. The number of benzene rings is 1. The van der Waals surface area contributed by atoms with Crippen molar-refractivity contribution in [3.8, 4) is 0 Å². The Kier molecular flexibility index (Phi) is 6.30. The van der Waals surface area contributed by atoms with Gasteiger partial charge in [-0.25, -0.2) is 19.9 Å². The molecule has 1 aliphatic rings. The minimum absolute atomic E-state index is 0.310. The summed E-state index contributed by atoms with van der Waals surface area (Å²) in [6, 6.07) is 7.10. The summed E-state index contributed by atoms with van der Waals surface area (Å²) in [4.78, 5) is 35.1. The highest BCUT2D eigenvalue weighted by Gasteiger charge is 2.20. The zero-order chi connectivity index (χ0) is 25.2. The molecule has 0 unspecified atom stereocenters. The van der Waals surface area contributed by atoms with Gasteiger partial charge in [-0.2, -0.15) is 0 Å². The summed E-state index contributed by atoms with van der Waals surface area (Å²) in [6.45, 7) is 10.3. The van der Waals surface area contributed by atoms with Gasteiger partial charge >= 0.3 is 0 Å². The van der Waals surface area contributed by atoms with E-state index in [1.54, 1.807) is 25.3 Å². The number of aryl methyl sites for hydroxylation is 1. The lowest BCUT2D eigenvalue weighted by Crippen LogP contribution is -2.37. The number of carbonyl (C=O) groups is 1. The highest BCUT2D eigenvalue weighted by molar-refractivity contribution is 6.04. The second-order valence-electron chi connectivity index (χ2n) is 8.57. The SMILES string of the molecule is C=C(C)c1cc(NC(=O)c2ccc(C)c(N(C)c3ncnc4cnc(N5CCOCC5)nc34)c2)no1. The van der Waals surface area contributed by atoms with Crippen molar-refractivity contribution in [3.05, 3.63) is 60.3 Å². The fourth-order valence-corrected chi connectivity index (χ4v) is 3.94. The van der Waals surface area contributed by atoms with Crippen LogP contribution in [0.1, 0.15) is 28.6 Å². The van der Waals surface area contributed by atoms with Crippen LogP contribution in [0.5, 0.6) is 0 Å². The number of morpholine rings is 1. The Hall–Kier alpha value is -4.38. The maximum absolute atomic E-state index is 13.0. The van der Waals surface area contributed by atoms with E-state index in [2.05, 4.69) is 36.9 Å². The van der Waals surface area contributed by atoms with Crippen LogP contribution in [-0.2, 0) is 4.74 Å². The van der Waals surface area contributed by atoms with Crippen LogP contribution in [-0.4, -0.2) is 64.4 Å². The molecule has 11 nitrogen and oxygen atoms in total. The molecule has 1 aromatic carbocycles. The fourth-order valence-electron chi connectivity index (χ4n) is 3.94. The Morgan fingerprint density at radius 2 is 1.97 bits per heavy atom. The minimum Gasteiger partial charge on any atom is -0.378 e. The lowest BCUT2D eigenvalue weighted by atomic mass is 10.1. The van der Waals surface area contributed by atoms with E-state index in [-0.39, 0.29) is 5.91 Å². The van der Waals surface area contributed by atoms with Crippen molar-refractivity contribution in [1.82, 2.24) is 25.1 Å². The van der Waals surface area contributed by atoms with Gasteiger partial charge in [0.15, 0.2) is 17.4 Å². The van der Waals surface area contributed by atoms with Gasteiger partial charge in [-0.05, 0) is 37.1 Å². The highest BCUT2D eigenvalue weighted by Crippen LogP contribution is 2.31. The third-order valence-electron chi connectivity index (χ3n) is 5.96. The Bertz CT molecular complexity index is 1440. The number of ether oxygens (including phenoxy) is 1. The van der Waals surface area contributed by atoms with E-state index in [0.717, 1.165) is 29.9 Å². The predicted octanol–water partition coefficient (Wildman–Crippen LogP) is 3.61. The first-order valence-corrected chi connectivity index (χ1v) is 11.5. The lowest BCUT2D eigenvalue weighted by Gasteiger charge is -2.27. The fraction of sp³-hybridized carbons (Fsp3) is 0.280. The smallest absolute Gasteiger partial charge is 0.256 e. The third-order valence-corrected chi connectivity index (χ3v) is 5.96. The van der Waals surface area contributed by atoms with Gasteiger partial charge in [0.05, 0.1) is 19.4 Å². The molecular formula is C25H26N8O3. The van der Waals surface area contributed by atoms with Gasteiger partial charge in [-0.1, -0.05) is 17.8 Å². The molecule has 4 heterocycles. The van der Waals surface area contributed by atoms with Gasteiger partial charge < -0.3 is 24.4 Å². The average Bonchev–Trinajstić information content (AvgIpc) is 3.37. The van der Waals surface area contributed by atoms with Gasteiger partial charge in [0, 0.05) is 37.5 Å². The number of aromatic nitrogens is 5. The molecule has 0 saturated carbocycles. The largest absolute Gasteiger partial charge is 0.378 e. The van der Waals surface area contributed by atoms with Crippen molar-refractivity contribution in [2.24, 2.45) is 0 Å². The number of rotatable bonds is 6. The first kappa shape index (κ1) is 23.4. The van der Waals surface area contributed by atoms with Crippen molar-refractivity contribution in [2.75, 3.05) is 48.5 Å². The van der Waals surface area contributed by atoms with Crippen LogP contribution in [0.15, 0.2) is 47.9 Å². The van der Waals surface area contributed by atoms with Crippen molar-refractivity contribution in [3.63, 3.8) is 0 Å². The van der Waals surface area contributed by atoms with Crippen LogP contribution >= 0.6 is 0 Å². The normalized spacial score (nSPS) is 13.6. The van der Waals surface area contributed by atoms with E-state index in [9.17, 15) is 4.79 Å². The zero-order valence-corrected chi connectivity index (χ0v) is 20.4. The number of nitrogens with one attached hydrogen (secondary N) is 1. The van der Waals surface area contributed by atoms with Crippen LogP contribution in [0.2, 0.25) is 0 Å². The van der Waals surface area contributed by atoms with Crippen LogP contribution < -0.4 is 15.1 Å². The number of carbonyl (C=O) groups excluding carboxylic acids is 1. The predicted molar refractivity (Wildman–Crippen MR) is 137 cm³/mol. The summed E-state index contributed by atoms with van der Waals surface area (Å²) < 4.78 is 10.6. The molecule has 1 N–H and O–H groups in total. The summed E-state index contributed by atoms with van der Waals surface area (Å²) in [5.41, 5.74) is 4.21. The van der Waals surface area contributed by atoms with Crippen LogP contribution in [0, 0.1) is 6.92 Å². The standard InChI is InChI=1S/C25H26N8O3/c1-15(2)20-12-21(31-36-20)29-24(34)17-6-5-16(3)19(11-17)32(4)23-22-18(27-14-28-23)13-26-25(30-22)33-7-9-35-10-8-33/h5-6,11-14H,1,7-10H2,2-4H3,(H,29,31,34). The van der Waals surface area contributed by atoms with E-state index < -0.39 is 0 Å². The quantitative estimate of drug-likeness (QED) is 0.432. The van der Waals surface area contributed by atoms with E-state index >= 15 is 0 Å². The average molecular weight is 487 g/mol. The molecule has 0 bridgehead atoms. The van der Waals surface area contributed by atoms with Gasteiger partial charge in [-0.3, -0.25) is 4.79 Å². The molecule has 3 aromatic heterocycles. The summed E-state index contributed by atoms with van der Waals surface area (Å²) in [5, 5.41) is 6.65. The highest BCUT2D eigenvalue weighted by atomic mass is 16.5. The van der Waals surface area contributed by atoms with Gasteiger partial charge in [0.25, 0.3) is 5.91 Å². The van der Waals surface area contributed by atoms with Crippen molar-refractivity contribution in [2.45, 2.75) is 13.8 Å². The summed E-state index contributed by atoms with van der Waals surface area (Å²) in [6.07, 6.45) is 3.20. The number of anilines is 4. The molecule has 0 aliphatic carbocycles. The zero-order valence-electron chi connectivity index (χ0n) is 20.4. The molecule has 36 heavy (non-hydrogen) atoms. The molecule has 11 heteroatoms. The molecule has 184 valence electrons. The molecule has 0 atom stereocenters. The second-order valence-corrected chi connectivity index (χ2v) is 8.57. The van der Waals surface area contributed by atoms with Gasteiger partial charge in [0.2, 0.25) is 5.95 Å². The van der Waals surface area contributed by atoms with E-state index in [0.29, 0.717) is 53.2 Å². The lowest BCUT2D eigenvalue weighted by molar-refractivity contribution is 0.102. The van der Waals surface area contributed by atoms with Crippen molar-refractivity contribution >= 4 is 45.8 Å². The Morgan fingerprint density at radius 3 is 2.72 bits per heavy atom. The Morgan fingerprint density at radius 1 is 1.17 bits per heavy atom. The van der Waals surface area contributed by atoms with Gasteiger partial charge in [-0.15, -0.1) is 0 Å². The maximum Gasteiger partial charge on any atom is 0.256 e. The number of amides is 1. The first-order chi connectivity index (χ1) is 17.4. The number of fused-ring (bicyclic) bond motifs is 1. The van der Waals surface area contributed by atoms with Crippen LogP contribution in [0.25, 0.3) is 16.6 Å². The van der Waals surface area contributed by atoms with Crippen LogP contribution in [0.3, 0.4) is 0 Å². The number of hydrogen-bond acceptors (Lipinski definition) is 10. The molecule has 4 aromatic rings. The van der Waals surface area contributed by atoms with E-state index in [4.69, 9.17) is 14.2 Å². The van der Waals surface area contributed by atoms with E-state index in [1.165, 1.54) is 6.33 Å². The third kappa shape index (κ3) is 4.60. The number of hydrogen-bond donors (Lipinski definition) is 1. The molecule has 1 fully saturated rings. The minimum atomic E-state index is -0.310. The molecule has 1 saturated heterocycles. The molecule has 1 aliphatic heterocycles. The van der Waals surface area contributed by atoms with E-state index in [1.807, 2.05) is 31.0 Å². The maximum atomic E-state index is 13.0. The first-order valence-electron chi connectivity index (χ1n) is 11.5. The summed E-state index contributed by atoms with van der Waals surface area (Å²) in [5.74, 6) is 1.75. The molecule has 0 radical (unpaired) electrons. The number of nitrogens with zero attached hydrogens (tertiary/aromatic N) is 7. The van der Waals surface area contributed by atoms with Gasteiger partial charge in [0.1, 0.15) is 17.4 Å². The Balaban J connectivity index is 1.46. The molecule has 5 rings (SSSR count). The Labute approximate surface area is 207 Å². The van der Waals surface area contributed by atoms with Crippen LogP contribution in [0.4, 0.5) is 23.3 Å². The topological polar surface area (TPSA) is 122 Å².